The van der Waals surface area contributed by atoms with Crippen molar-refractivity contribution in [2.24, 2.45) is 5.92 Å². The summed E-state index contributed by atoms with van der Waals surface area (Å²) < 4.78 is 41.1. The van der Waals surface area contributed by atoms with Gasteiger partial charge in [0.15, 0.2) is 0 Å². The maximum absolute atomic E-state index is 12.0. The van der Waals surface area contributed by atoms with Gasteiger partial charge >= 0.3 is 12.1 Å². The van der Waals surface area contributed by atoms with E-state index in [4.69, 9.17) is 4.74 Å². The molecule has 0 aromatic carbocycles. The standard InChI is InChI=1S/C12H21F3O2S/c1-4-5-11(16)17-8-10(9(2)3)18-7-6-12(13,14)15/h9-10H,4-8H2,1-3H3. The quantitative estimate of drug-likeness (QED) is 0.630. The number of hydrogen-bond donors (Lipinski definition) is 0. The number of carbonyl (C=O) groups excluding carboxylic acids is 1. The van der Waals surface area contributed by atoms with E-state index in [1.54, 1.807) is 0 Å². The molecule has 0 saturated heterocycles. The summed E-state index contributed by atoms with van der Waals surface area (Å²) in [6, 6.07) is 0. The van der Waals surface area contributed by atoms with Gasteiger partial charge in [0, 0.05) is 17.4 Å². The van der Waals surface area contributed by atoms with Gasteiger partial charge in [0.05, 0.1) is 6.42 Å². The number of ether oxygens (including phenoxy) is 1. The SMILES string of the molecule is CCCC(=O)OCC(SCCC(F)(F)F)C(C)C. The molecule has 0 rings (SSSR count). The van der Waals surface area contributed by atoms with Gasteiger partial charge in [0.25, 0.3) is 0 Å². The van der Waals surface area contributed by atoms with Crippen molar-refractivity contribution in [3.8, 4) is 0 Å². The van der Waals surface area contributed by atoms with Gasteiger partial charge in [-0.05, 0) is 12.3 Å². The Labute approximate surface area is 111 Å². The van der Waals surface area contributed by atoms with Crippen LogP contribution in [0.3, 0.4) is 0 Å². The number of rotatable bonds is 8. The van der Waals surface area contributed by atoms with Crippen LogP contribution in [-0.4, -0.2) is 29.8 Å². The lowest BCUT2D eigenvalue weighted by molar-refractivity contribution is -0.143. The van der Waals surface area contributed by atoms with Crippen molar-refractivity contribution in [3.63, 3.8) is 0 Å². The molecule has 0 amide bonds. The Balaban J connectivity index is 3.97. The molecule has 2 nitrogen and oxygen atoms in total. The molecule has 0 aromatic heterocycles. The minimum Gasteiger partial charge on any atom is -0.464 e. The fraction of sp³-hybridized carbons (Fsp3) is 0.917. The van der Waals surface area contributed by atoms with Gasteiger partial charge in [-0.1, -0.05) is 20.8 Å². The van der Waals surface area contributed by atoms with Gasteiger partial charge in [0.2, 0.25) is 0 Å². The zero-order chi connectivity index (χ0) is 14.2. The third kappa shape index (κ3) is 9.62. The van der Waals surface area contributed by atoms with E-state index >= 15 is 0 Å². The molecule has 0 aliphatic heterocycles. The molecule has 0 N–H and O–H groups in total. The summed E-state index contributed by atoms with van der Waals surface area (Å²) in [5, 5.41) is -0.0758. The average molecular weight is 286 g/mol. The first kappa shape index (κ1) is 17.6. The van der Waals surface area contributed by atoms with Gasteiger partial charge < -0.3 is 4.74 Å². The second-order valence-electron chi connectivity index (χ2n) is 4.45. The first-order chi connectivity index (χ1) is 8.26. The summed E-state index contributed by atoms with van der Waals surface area (Å²) >= 11 is 1.22. The van der Waals surface area contributed by atoms with Crippen molar-refractivity contribution in [1.82, 2.24) is 0 Å². The summed E-state index contributed by atoms with van der Waals surface area (Å²) in [6.45, 7) is 5.90. The second kappa shape index (κ2) is 8.67. The summed E-state index contributed by atoms with van der Waals surface area (Å²) in [6.07, 6.45) is -3.85. The highest BCUT2D eigenvalue weighted by Gasteiger charge is 2.27. The fourth-order valence-corrected chi connectivity index (χ4v) is 2.41. The van der Waals surface area contributed by atoms with E-state index in [1.807, 2.05) is 20.8 Å². The van der Waals surface area contributed by atoms with Crippen molar-refractivity contribution in [2.75, 3.05) is 12.4 Å². The van der Waals surface area contributed by atoms with Gasteiger partial charge in [0.1, 0.15) is 6.61 Å². The number of thioether (sulfide) groups is 1. The molecule has 0 bridgehead atoms. The Morgan fingerprint density at radius 2 is 1.94 bits per heavy atom. The molecule has 0 fully saturated rings. The lowest BCUT2D eigenvalue weighted by Crippen LogP contribution is -2.22. The molecular formula is C12H21F3O2S. The predicted octanol–water partition coefficient (Wildman–Crippen LogP) is 4.04. The highest BCUT2D eigenvalue weighted by molar-refractivity contribution is 7.99. The molecule has 0 spiro atoms. The van der Waals surface area contributed by atoms with Crippen LogP contribution in [0.15, 0.2) is 0 Å². The van der Waals surface area contributed by atoms with Crippen LogP contribution in [0.2, 0.25) is 0 Å². The van der Waals surface area contributed by atoms with Crippen molar-refractivity contribution in [2.45, 2.75) is 51.5 Å². The molecule has 18 heavy (non-hydrogen) atoms. The van der Waals surface area contributed by atoms with Crippen molar-refractivity contribution < 1.29 is 22.7 Å². The number of hydrogen-bond acceptors (Lipinski definition) is 3. The zero-order valence-electron chi connectivity index (χ0n) is 11.0. The largest absolute Gasteiger partial charge is 0.464 e. The molecule has 0 heterocycles. The molecule has 6 heteroatoms. The minimum absolute atomic E-state index is 0.0116. The smallest absolute Gasteiger partial charge is 0.389 e. The van der Waals surface area contributed by atoms with Gasteiger partial charge in [-0.15, -0.1) is 0 Å². The monoisotopic (exact) mass is 286 g/mol. The van der Waals surface area contributed by atoms with Crippen LogP contribution < -0.4 is 0 Å². The molecule has 0 aliphatic rings. The Morgan fingerprint density at radius 3 is 2.39 bits per heavy atom. The number of alkyl halides is 3. The number of carbonyl (C=O) groups is 1. The van der Waals surface area contributed by atoms with E-state index in [1.165, 1.54) is 11.8 Å². The Bertz CT molecular complexity index is 242. The van der Waals surface area contributed by atoms with E-state index in [0.29, 0.717) is 12.8 Å². The fourth-order valence-electron chi connectivity index (χ4n) is 1.21. The Hall–Kier alpha value is -0.390. The normalized spacial score (nSPS) is 13.7. The molecule has 0 saturated carbocycles. The van der Waals surface area contributed by atoms with Crippen LogP contribution in [0.4, 0.5) is 13.2 Å². The Morgan fingerprint density at radius 1 is 1.33 bits per heavy atom. The van der Waals surface area contributed by atoms with E-state index in [9.17, 15) is 18.0 Å². The van der Waals surface area contributed by atoms with Crippen LogP contribution in [0.25, 0.3) is 0 Å². The molecule has 0 aliphatic carbocycles. The Kier molecular flexibility index (Phi) is 8.48. The van der Waals surface area contributed by atoms with Gasteiger partial charge in [-0.25, -0.2) is 0 Å². The molecule has 1 unspecified atom stereocenters. The van der Waals surface area contributed by atoms with Crippen LogP contribution in [0, 0.1) is 5.92 Å². The lowest BCUT2D eigenvalue weighted by atomic mass is 10.1. The van der Waals surface area contributed by atoms with Crippen molar-refractivity contribution in [1.29, 1.82) is 0 Å². The highest BCUT2D eigenvalue weighted by atomic mass is 32.2. The van der Waals surface area contributed by atoms with Crippen molar-refractivity contribution >= 4 is 17.7 Å². The van der Waals surface area contributed by atoms with E-state index in [-0.39, 0.29) is 29.5 Å². The van der Waals surface area contributed by atoms with Crippen LogP contribution in [-0.2, 0) is 9.53 Å². The first-order valence-electron chi connectivity index (χ1n) is 6.10. The number of esters is 1. The van der Waals surface area contributed by atoms with Crippen molar-refractivity contribution in [3.05, 3.63) is 0 Å². The van der Waals surface area contributed by atoms with Gasteiger partial charge in [-0.3, -0.25) is 4.79 Å². The van der Waals surface area contributed by atoms with E-state index in [2.05, 4.69) is 0 Å². The average Bonchev–Trinajstić information content (AvgIpc) is 2.21. The molecule has 108 valence electrons. The molecule has 0 aromatic rings. The molecule has 1 atom stereocenters. The third-order valence-corrected chi connectivity index (χ3v) is 3.87. The first-order valence-corrected chi connectivity index (χ1v) is 7.15. The summed E-state index contributed by atoms with van der Waals surface area (Å²) in [7, 11) is 0. The van der Waals surface area contributed by atoms with Gasteiger partial charge in [-0.2, -0.15) is 24.9 Å². The van der Waals surface area contributed by atoms with E-state index < -0.39 is 12.6 Å². The maximum atomic E-state index is 12.0. The van der Waals surface area contributed by atoms with E-state index in [0.717, 1.165) is 0 Å². The molecular weight excluding hydrogens is 265 g/mol. The third-order valence-electron chi connectivity index (χ3n) is 2.32. The topological polar surface area (TPSA) is 26.3 Å². The predicted molar refractivity (Wildman–Crippen MR) is 67.6 cm³/mol. The van der Waals surface area contributed by atoms with Crippen LogP contribution in [0.5, 0.6) is 0 Å². The minimum atomic E-state index is -4.12. The second-order valence-corrected chi connectivity index (χ2v) is 5.80. The lowest BCUT2D eigenvalue weighted by Gasteiger charge is -2.20. The summed E-state index contributed by atoms with van der Waals surface area (Å²) in [5.74, 6) is -0.0882. The van der Waals surface area contributed by atoms with Crippen LogP contribution >= 0.6 is 11.8 Å². The highest BCUT2D eigenvalue weighted by Crippen LogP contribution is 2.26. The zero-order valence-corrected chi connectivity index (χ0v) is 11.9. The molecule has 0 radical (unpaired) electrons. The summed E-state index contributed by atoms with van der Waals surface area (Å²) in [5.41, 5.74) is 0. The van der Waals surface area contributed by atoms with Crippen LogP contribution in [0.1, 0.15) is 40.0 Å². The number of halogens is 3. The summed E-state index contributed by atoms with van der Waals surface area (Å²) in [4.78, 5) is 11.2. The maximum Gasteiger partial charge on any atom is 0.389 e.